The zero-order valence-corrected chi connectivity index (χ0v) is 11.6. The molecule has 3 heterocycles. The van der Waals surface area contributed by atoms with E-state index in [0.29, 0.717) is 30.4 Å². The van der Waals surface area contributed by atoms with Gasteiger partial charge in [0.2, 0.25) is 5.65 Å². The monoisotopic (exact) mass is 277 g/mol. The molecule has 0 bridgehead atoms. The van der Waals surface area contributed by atoms with Gasteiger partial charge in [-0.05, 0) is 22.2 Å². The standard InChI is InChI=1S/C12H17N6O2/c1-16(2)12(17-6-8-19-9-7-17)20-18-11-10(14-15-18)4-3-5-13-11/h3-5H,6-9H2,1-2H3/q+1. The van der Waals surface area contributed by atoms with E-state index in [0.717, 1.165) is 13.1 Å². The van der Waals surface area contributed by atoms with Crippen LogP contribution in [0.5, 0.6) is 0 Å². The van der Waals surface area contributed by atoms with Gasteiger partial charge < -0.3 is 4.74 Å². The maximum atomic E-state index is 5.86. The van der Waals surface area contributed by atoms with Crippen LogP contribution in [0.2, 0.25) is 0 Å². The van der Waals surface area contributed by atoms with E-state index < -0.39 is 0 Å². The van der Waals surface area contributed by atoms with E-state index in [1.165, 1.54) is 4.85 Å². The number of hydrogen-bond donors (Lipinski definition) is 0. The fourth-order valence-electron chi connectivity index (χ4n) is 2.06. The Balaban J connectivity index is 1.88. The van der Waals surface area contributed by atoms with Gasteiger partial charge in [-0.25, -0.2) is 14.5 Å². The van der Waals surface area contributed by atoms with Gasteiger partial charge in [0.25, 0.3) is 0 Å². The number of rotatable bonds is 1. The molecule has 1 saturated heterocycles. The Morgan fingerprint density at radius 1 is 1.35 bits per heavy atom. The second-order valence-corrected chi connectivity index (χ2v) is 4.68. The predicted octanol–water partition coefficient (Wildman–Crippen LogP) is -0.785. The maximum absolute atomic E-state index is 5.86. The molecular formula is C12H17N6O2+. The molecule has 20 heavy (non-hydrogen) atoms. The van der Waals surface area contributed by atoms with Gasteiger partial charge in [-0.3, -0.25) is 4.84 Å². The average molecular weight is 277 g/mol. The minimum atomic E-state index is 0.597. The van der Waals surface area contributed by atoms with Crippen molar-refractivity contribution in [3.8, 4) is 0 Å². The van der Waals surface area contributed by atoms with Gasteiger partial charge in [-0.15, -0.1) is 5.10 Å². The van der Waals surface area contributed by atoms with E-state index in [4.69, 9.17) is 9.57 Å². The van der Waals surface area contributed by atoms with E-state index >= 15 is 0 Å². The van der Waals surface area contributed by atoms with E-state index in [2.05, 4.69) is 20.2 Å². The fourth-order valence-corrected chi connectivity index (χ4v) is 2.06. The highest BCUT2D eigenvalue weighted by Crippen LogP contribution is 2.05. The summed E-state index contributed by atoms with van der Waals surface area (Å²) in [6, 6.07) is 4.37. The van der Waals surface area contributed by atoms with E-state index in [-0.39, 0.29) is 0 Å². The Labute approximate surface area is 116 Å². The van der Waals surface area contributed by atoms with Gasteiger partial charge in [0.05, 0.1) is 27.3 Å². The number of amidine groups is 1. The quantitative estimate of drug-likeness (QED) is 0.387. The molecule has 1 fully saturated rings. The van der Waals surface area contributed by atoms with Gasteiger partial charge in [0.15, 0.2) is 0 Å². The first kappa shape index (κ1) is 12.8. The molecule has 0 aromatic carbocycles. The van der Waals surface area contributed by atoms with Gasteiger partial charge in [0.1, 0.15) is 18.6 Å². The number of nitrogens with zero attached hydrogens (tertiary/aromatic N) is 6. The lowest BCUT2D eigenvalue weighted by Crippen LogP contribution is -2.48. The number of fused-ring (bicyclic) bond motifs is 1. The van der Waals surface area contributed by atoms with Crippen molar-refractivity contribution in [3.63, 3.8) is 0 Å². The van der Waals surface area contributed by atoms with Crippen LogP contribution in [0.3, 0.4) is 0 Å². The van der Waals surface area contributed by atoms with Crippen LogP contribution in [0.1, 0.15) is 0 Å². The molecule has 2 aromatic rings. The van der Waals surface area contributed by atoms with Crippen LogP contribution in [-0.4, -0.2) is 76.0 Å². The molecule has 106 valence electrons. The van der Waals surface area contributed by atoms with Crippen molar-refractivity contribution in [2.75, 3.05) is 40.4 Å². The normalized spacial score (nSPS) is 15.4. The fraction of sp³-hybridized carbons (Fsp3) is 0.500. The number of morpholine rings is 1. The Morgan fingerprint density at radius 3 is 2.90 bits per heavy atom. The molecule has 0 aliphatic carbocycles. The molecule has 0 atom stereocenters. The molecule has 0 saturated carbocycles. The molecule has 0 spiro atoms. The summed E-state index contributed by atoms with van der Waals surface area (Å²) < 4.78 is 7.26. The van der Waals surface area contributed by atoms with Crippen molar-refractivity contribution in [1.82, 2.24) is 25.0 Å². The molecule has 3 rings (SSSR count). The second-order valence-electron chi connectivity index (χ2n) is 4.68. The Kier molecular flexibility index (Phi) is 3.46. The summed E-state index contributed by atoms with van der Waals surface area (Å²) in [6.45, 7) is 2.95. The number of hydrogen-bond acceptors (Lipinski definition) is 5. The van der Waals surface area contributed by atoms with Crippen molar-refractivity contribution < 1.29 is 14.1 Å². The Bertz CT molecular complexity index is 628. The van der Waals surface area contributed by atoms with Crippen LogP contribution in [-0.2, 0) is 4.74 Å². The largest absolute Gasteiger partial charge is 0.472 e. The molecule has 1 aliphatic rings. The molecule has 0 N–H and O–H groups in total. The van der Waals surface area contributed by atoms with Crippen LogP contribution in [0, 0.1) is 0 Å². The van der Waals surface area contributed by atoms with E-state index in [9.17, 15) is 0 Å². The van der Waals surface area contributed by atoms with Crippen molar-refractivity contribution in [2.45, 2.75) is 0 Å². The van der Waals surface area contributed by atoms with E-state index in [1.54, 1.807) is 6.20 Å². The maximum Gasteiger partial charge on any atom is 0.472 e. The third-order valence-electron chi connectivity index (χ3n) is 3.01. The minimum absolute atomic E-state index is 0.597. The van der Waals surface area contributed by atoms with Crippen LogP contribution < -0.4 is 4.84 Å². The van der Waals surface area contributed by atoms with Crippen LogP contribution >= 0.6 is 0 Å². The third-order valence-corrected chi connectivity index (χ3v) is 3.01. The lowest BCUT2D eigenvalue weighted by Gasteiger charge is -2.22. The predicted molar refractivity (Wildman–Crippen MR) is 71.4 cm³/mol. The van der Waals surface area contributed by atoms with Crippen LogP contribution in [0.4, 0.5) is 0 Å². The van der Waals surface area contributed by atoms with Crippen LogP contribution in [0.15, 0.2) is 18.3 Å². The third kappa shape index (κ3) is 2.42. The first-order valence-corrected chi connectivity index (χ1v) is 6.47. The number of ether oxygens (including phenoxy) is 1. The van der Waals surface area contributed by atoms with Gasteiger partial charge in [0, 0.05) is 6.20 Å². The van der Waals surface area contributed by atoms with Crippen molar-refractivity contribution in [1.29, 1.82) is 0 Å². The summed E-state index contributed by atoms with van der Waals surface area (Å²) in [7, 11) is 3.86. The first-order valence-electron chi connectivity index (χ1n) is 6.47. The van der Waals surface area contributed by atoms with Gasteiger partial charge in [-0.2, -0.15) is 0 Å². The molecule has 0 amide bonds. The average Bonchev–Trinajstić information content (AvgIpc) is 2.88. The highest BCUT2D eigenvalue weighted by Gasteiger charge is 2.27. The molecule has 8 heteroatoms. The van der Waals surface area contributed by atoms with Crippen molar-refractivity contribution in [2.24, 2.45) is 0 Å². The zero-order valence-electron chi connectivity index (χ0n) is 11.6. The molecule has 8 nitrogen and oxygen atoms in total. The molecular weight excluding hydrogens is 260 g/mol. The highest BCUT2D eigenvalue weighted by molar-refractivity contribution is 5.72. The summed E-state index contributed by atoms with van der Waals surface area (Å²) in [4.78, 5) is 13.6. The van der Waals surface area contributed by atoms with E-state index in [1.807, 2.05) is 30.8 Å². The number of pyridine rings is 1. The van der Waals surface area contributed by atoms with Crippen molar-refractivity contribution in [3.05, 3.63) is 18.3 Å². The lowest BCUT2D eigenvalue weighted by atomic mass is 10.4. The zero-order chi connectivity index (χ0) is 13.9. The van der Waals surface area contributed by atoms with Gasteiger partial charge in [-0.1, -0.05) is 0 Å². The molecule has 1 aliphatic heterocycles. The molecule has 0 radical (unpaired) electrons. The highest BCUT2D eigenvalue weighted by atomic mass is 16.7. The topological polar surface area (TPSA) is 68.3 Å². The summed E-state index contributed by atoms with van der Waals surface area (Å²) in [5.41, 5.74) is 1.30. The Hall–Kier alpha value is -2.22. The van der Waals surface area contributed by atoms with Crippen molar-refractivity contribution >= 4 is 17.2 Å². The molecule has 0 unspecified atom stereocenters. The minimum Gasteiger partial charge on any atom is -0.373 e. The first-order chi connectivity index (χ1) is 9.75. The Morgan fingerprint density at radius 2 is 2.15 bits per heavy atom. The summed E-state index contributed by atoms with van der Waals surface area (Å²) in [5, 5.41) is 8.02. The summed E-state index contributed by atoms with van der Waals surface area (Å²) in [6.07, 6.45) is 1.69. The molecule has 2 aromatic heterocycles. The smallest absolute Gasteiger partial charge is 0.373 e. The second kappa shape index (κ2) is 5.41. The summed E-state index contributed by atoms with van der Waals surface area (Å²) >= 11 is 0. The number of aromatic nitrogens is 4. The van der Waals surface area contributed by atoms with Crippen LogP contribution in [0.25, 0.3) is 11.2 Å². The summed E-state index contributed by atoms with van der Waals surface area (Å²) in [5.74, 6) is 0. The lowest BCUT2D eigenvalue weighted by molar-refractivity contribution is -0.481. The van der Waals surface area contributed by atoms with Gasteiger partial charge >= 0.3 is 6.02 Å². The SMILES string of the molecule is C[N+](C)=C(On1nnc2cccnc21)N1CCOCC1.